The summed E-state index contributed by atoms with van der Waals surface area (Å²) in [5.74, 6) is 1.41. The van der Waals surface area contributed by atoms with E-state index in [1.807, 2.05) is 0 Å². The molecule has 0 aromatic rings. The summed E-state index contributed by atoms with van der Waals surface area (Å²) in [7, 11) is -0.905. The lowest BCUT2D eigenvalue weighted by Crippen LogP contribution is -2.24. The molecule has 0 aliphatic heterocycles. The highest BCUT2D eigenvalue weighted by Crippen LogP contribution is 2.21. The second-order valence-electron chi connectivity index (χ2n) is 3.91. The number of hydrogen-bond donors (Lipinski definition) is 0. The zero-order valence-corrected chi connectivity index (χ0v) is 9.23. The molecule has 0 bridgehead atoms. The smallest absolute Gasteiger partial charge is 0.148 e. The van der Waals surface area contributed by atoms with Crippen molar-refractivity contribution in [3.63, 3.8) is 0 Å². The lowest BCUT2D eigenvalue weighted by atomic mass is 10.2. The third-order valence-electron chi connectivity index (χ3n) is 2.71. The Morgan fingerprint density at radius 3 is 2.77 bits per heavy atom. The Balaban J connectivity index is 2.43. The number of Topliss-reactive ketones (excluding diaryl/α,β-unsaturated/α-hetero) is 1. The third-order valence-corrected chi connectivity index (χ3v) is 4.74. The number of hydrogen-bond acceptors (Lipinski definition) is 2. The Bertz CT molecular complexity index is 213. The molecule has 0 aromatic heterocycles. The van der Waals surface area contributed by atoms with Gasteiger partial charge in [-0.25, -0.2) is 0 Å². The van der Waals surface area contributed by atoms with Gasteiger partial charge >= 0.3 is 0 Å². The summed E-state index contributed by atoms with van der Waals surface area (Å²) in [6.07, 6.45) is 3.49. The Labute approximate surface area is 82.6 Å². The number of carbonyl (C=O) groups is 1. The van der Waals surface area contributed by atoms with Gasteiger partial charge in [0.2, 0.25) is 0 Å². The maximum Gasteiger partial charge on any atom is 0.148 e. The average Bonchev–Trinajstić information content (AvgIpc) is 2.51. The van der Waals surface area contributed by atoms with Crippen LogP contribution in [0.1, 0.15) is 39.5 Å². The van der Waals surface area contributed by atoms with Gasteiger partial charge in [0.25, 0.3) is 0 Å². The quantitative estimate of drug-likeness (QED) is 0.698. The van der Waals surface area contributed by atoms with Gasteiger partial charge in [0.05, 0.1) is 5.25 Å². The number of carbonyl (C=O) groups excluding carboxylic acids is 1. The third kappa shape index (κ3) is 2.90. The molecule has 0 saturated heterocycles. The molecule has 0 spiro atoms. The van der Waals surface area contributed by atoms with Crippen LogP contribution >= 0.6 is 0 Å². The van der Waals surface area contributed by atoms with Crippen LogP contribution in [0, 0.1) is 5.92 Å². The van der Waals surface area contributed by atoms with Crippen LogP contribution in [-0.2, 0) is 15.6 Å². The predicted molar refractivity (Wildman–Crippen MR) is 55.1 cm³/mol. The van der Waals surface area contributed by atoms with Gasteiger partial charge in [-0.2, -0.15) is 0 Å². The van der Waals surface area contributed by atoms with Crippen molar-refractivity contribution >= 4 is 16.6 Å². The molecule has 76 valence electrons. The van der Waals surface area contributed by atoms with Gasteiger partial charge in [-0.3, -0.25) is 9.00 Å². The molecular formula is C10H18O2S. The average molecular weight is 202 g/mol. The first kappa shape index (κ1) is 10.9. The highest BCUT2D eigenvalue weighted by molar-refractivity contribution is 7.86. The van der Waals surface area contributed by atoms with Crippen LogP contribution in [0.2, 0.25) is 0 Å². The van der Waals surface area contributed by atoms with E-state index in [0.29, 0.717) is 18.1 Å². The molecule has 1 aliphatic rings. The highest BCUT2D eigenvalue weighted by Gasteiger charge is 2.29. The van der Waals surface area contributed by atoms with E-state index in [1.165, 1.54) is 0 Å². The molecule has 0 aromatic carbocycles. The monoisotopic (exact) mass is 202 g/mol. The van der Waals surface area contributed by atoms with Crippen molar-refractivity contribution in [1.29, 1.82) is 0 Å². The molecular weight excluding hydrogens is 184 g/mol. The predicted octanol–water partition coefficient (Wildman–Crippen LogP) is 1.90. The summed E-state index contributed by atoms with van der Waals surface area (Å²) in [4.78, 5) is 11.3. The lowest BCUT2D eigenvalue weighted by Gasteiger charge is -2.11. The van der Waals surface area contributed by atoms with E-state index >= 15 is 0 Å². The molecule has 0 amide bonds. The van der Waals surface area contributed by atoms with Crippen LogP contribution in [0.3, 0.4) is 0 Å². The molecule has 1 aliphatic carbocycles. The number of ketones is 1. The zero-order valence-electron chi connectivity index (χ0n) is 8.41. The lowest BCUT2D eigenvalue weighted by molar-refractivity contribution is -0.117. The van der Waals surface area contributed by atoms with Crippen LogP contribution in [0.5, 0.6) is 0 Å². The van der Waals surface area contributed by atoms with Crippen LogP contribution < -0.4 is 0 Å². The SMILES string of the molecule is CCC(C)CS(=O)C1CCCC1=O. The van der Waals surface area contributed by atoms with Crippen LogP contribution in [0.15, 0.2) is 0 Å². The second-order valence-corrected chi connectivity index (χ2v) is 5.57. The molecule has 1 rings (SSSR count). The first-order valence-electron chi connectivity index (χ1n) is 5.05. The largest absolute Gasteiger partial charge is 0.298 e. The summed E-state index contributed by atoms with van der Waals surface area (Å²) >= 11 is 0. The molecule has 3 unspecified atom stereocenters. The molecule has 3 heteroatoms. The van der Waals surface area contributed by atoms with Crippen molar-refractivity contribution in [2.75, 3.05) is 5.75 Å². The van der Waals surface area contributed by atoms with E-state index in [0.717, 1.165) is 19.3 Å². The van der Waals surface area contributed by atoms with Crippen molar-refractivity contribution in [1.82, 2.24) is 0 Å². The summed E-state index contributed by atoms with van der Waals surface area (Å²) in [5, 5.41) is -0.131. The topological polar surface area (TPSA) is 34.1 Å². The Morgan fingerprint density at radius 1 is 1.62 bits per heavy atom. The maximum absolute atomic E-state index is 11.7. The molecule has 2 nitrogen and oxygen atoms in total. The fourth-order valence-electron chi connectivity index (χ4n) is 1.58. The second kappa shape index (κ2) is 4.89. The maximum atomic E-state index is 11.7. The first-order chi connectivity index (χ1) is 6.15. The fraction of sp³-hybridized carbons (Fsp3) is 0.900. The van der Waals surface area contributed by atoms with Crippen LogP contribution in [-0.4, -0.2) is 21.0 Å². The van der Waals surface area contributed by atoms with Crippen molar-refractivity contribution in [3.8, 4) is 0 Å². The minimum atomic E-state index is -0.905. The van der Waals surface area contributed by atoms with Crippen molar-refractivity contribution in [2.24, 2.45) is 5.92 Å². The van der Waals surface area contributed by atoms with Gasteiger partial charge < -0.3 is 0 Å². The standard InChI is InChI=1S/C10H18O2S/c1-3-8(2)7-13(12)10-6-4-5-9(10)11/h8,10H,3-7H2,1-2H3. The van der Waals surface area contributed by atoms with Gasteiger partial charge in [-0.1, -0.05) is 20.3 Å². The van der Waals surface area contributed by atoms with Crippen molar-refractivity contribution < 1.29 is 9.00 Å². The highest BCUT2D eigenvalue weighted by atomic mass is 32.2. The molecule has 13 heavy (non-hydrogen) atoms. The Morgan fingerprint density at radius 2 is 2.31 bits per heavy atom. The molecule has 0 radical (unpaired) electrons. The van der Waals surface area contributed by atoms with Crippen molar-refractivity contribution in [2.45, 2.75) is 44.8 Å². The minimum absolute atomic E-state index is 0.131. The molecule has 1 fully saturated rings. The van der Waals surface area contributed by atoms with E-state index in [-0.39, 0.29) is 11.0 Å². The van der Waals surface area contributed by atoms with E-state index in [4.69, 9.17) is 0 Å². The van der Waals surface area contributed by atoms with Gasteiger partial charge in [0, 0.05) is 23.0 Å². The summed E-state index contributed by atoms with van der Waals surface area (Å²) in [6.45, 7) is 4.19. The van der Waals surface area contributed by atoms with E-state index in [9.17, 15) is 9.00 Å². The summed E-state index contributed by atoms with van der Waals surface area (Å²) in [5.41, 5.74) is 0. The summed E-state index contributed by atoms with van der Waals surface area (Å²) < 4.78 is 11.7. The van der Waals surface area contributed by atoms with E-state index in [2.05, 4.69) is 13.8 Å². The molecule has 0 heterocycles. The summed E-state index contributed by atoms with van der Waals surface area (Å²) in [6, 6.07) is 0. The Kier molecular flexibility index (Phi) is 4.10. The molecule has 3 atom stereocenters. The van der Waals surface area contributed by atoms with Crippen molar-refractivity contribution in [3.05, 3.63) is 0 Å². The van der Waals surface area contributed by atoms with Gasteiger partial charge in [-0.15, -0.1) is 0 Å². The molecule has 1 saturated carbocycles. The van der Waals surface area contributed by atoms with Crippen LogP contribution in [0.4, 0.5) is 0 Å². The van der Waals surface area contributed by atoms with E-state index in [1.54, 1.807) is 0 Å². The first-order valence-corrected chi connectivity index (χ1v) is 6.43. The van der Waals surface area contributed by atoms with E-state index < -0.39 is 10.8 Å². The minimum Gasteiger partial charge on any atom is -0.298 e. The van der Waals surface area contributed by atoms with Gasteiger partial charge in [0.15, 0.2) is 0 Å². The van der Waals surface area contributed by atoms with Crippen LogP contribution in [0.25, 0.3) is 0 Å². The zero-order chi connectivity index (χ0) is 9.84. The Hall–Kier alpha value is -0.180. The fourth-order valence-corrected chi connectivity index (χ4v) is 3.45. The molecule has 0 N–H and O–H groups in total. The number of rotatable bonds is 4. The van der Waals surface area contributed by atoms with Gasteiger partial charge in [0.1, 0.15) is 5.78 Å². The normalized spacial score (nSPS) is 27.5. The van der Waals surface area contributed by atoms with Gasteiger partial charge in [-0.05, 0) is 18.8 Å².